The average Bonchev–Trinajstić information content (AvgIpc) is 0.817. The van der Waals surface area contributed by atoms with Crippen LogP contribution in [0.4, 0.5) is 0 Å². The van der Waals surface area contributed by atoms with Gasteiger partial charge in [0.25, 0.3) is 0 Å². The fourth-order valence-electron chi connectivity index (χ4n) is 10.4. The maximum Gasteiger partial charge on any atom is 0.220 e. The zero-order chi connectivity index (χ0) is 66.8. The SMILES string of the molecule is CC/C=C\C/C=C\C/C=C\C/C=C\C/C=C\C/C=C\C/C=C\C/C=C\C/C=C\C/C=C\C/C=C\C/C=C\CCCCCCC(=O)NC(COC1OC(CO)C(OC2OC(CO)C(OC3OC(CO)C(O)C(O)C3O)C(O)C2O)C(O)C1O)C(O)CCCCCCCC. The standard InChI is InChI=1S/C73H117NO18/c1-3-5-7-9-11-12-13-14-15-16-17-18-19-20-21-22-23-24-25-26-27-28-29-30-31-32-33-34-35-36-37-38-39-40-41-42-43-44-45-47-49-51-61(79)74-56(57(78)50-48-46-10-8-6-4-2)55-87-71-67(85)64(82)69(59(53-76)89-71)92-73-68(86)65(83)70(60(54-77)90-73)91-72-66(84)63(81)62(80)58(52-75)88-72/h5,7,11-12,14-15,17-18,20-21,23-24,26-27,29-30,32-33,35-36,38-39,41-42,56-60,62-73,75-78,80-86H,3-4,6,8-10,13,16,19,22,25,28,31,34,37,40,43-55H2,1-2H3,(H,74,79)/b7-5-,12-11-,15-14-,18-17-,21-20-,24-23-,27-26-,30-29-,33-32-,36-35-,39-38-,42-41-. The molecule has 3 saturated heterocycles. The van der Waals surface area contributed by atoms with Crippen molar-refractivity contribution in [2.45, 2.75) is 279 Å². The summed E-state index contributed by atoms with van der Waals surface area (Å²) in [6, 6.07) is -0.908. The summed E-state index contributed by atoms with van der Waals surface area (Å²) in [5, 5.41) is 120. The van der Waals surface area contributed by atoms with Crippen molar-refractivity contribution in [1.82, 2.24) is 5.32 Å². The second kappa shape index (κ2) is 52.9. The second-order valence-corrected chi connectivity index (χ2v) is 23.6. The third-order valence-electron chi connectivity index (χ3n) is 15.9. The minimum absolute atomic E-state index is 0.225. The van der Waals surface area contributed by atoms with Crippen LogP contribution in [0, 0.1) is 0 Å². The lowest BCUT2D eigenvalue weighted by atomic mass is 9.96. The van der Waals surface area contributed by atoms with Gasteiger partial charge in [0.1, 0.15) is 73.2 Å². The van der Waals surface area contributed by atoms with E-state index in [1.807, 2.05) is 0 Å². The molecule has 0 spiro atoms. The molecule has 0 radical (unpaired) electrons. The Hall–Kier alpha value is -4.33. The van der Waals surface area contributed by atoms with Crippen LogP contribution in [0.5, 0.6) is 0 Å². The van der Waals surface area contributed by atoms with Crippen LogP contribution >= 0.6 is 0 Å². The summed E-state index contributed by atoms with van der Waals surface area (Å²) < 4.78 is 34.2. The highest BCUT2D eigenvalue weighted by Gasteiger charge is 2.53. The molecule has 3 aliphatic rings. The van der Waals surface area contributed by atoms with Crippen LogP contribution in [0.25, 0.3) is 0 Å². The first-order chi connectivity index (χ1) is 44.8. The van der Waals surface area contributed by atoms with Gasteiger partial charge in [0.2, 0.25) is 5.91 Å². The Bertz CT molecular complexity index is 2240. The van der Waals surface area contributed by atoms with E-state index in [4.69, 9.17) is 28.4 Å². The Morgan fingerprint density at radius 2 is 0.750 bits per heavy atom. The monoisotopic (exact) mass is 1300 g/mol. The number of amides is 1. The quantitative estimate of drug-likeness (QED) is 0.0200. The molecule has 3 fully saturated rings. The number of ether oxygens (including phenoxy) is 6. The Labute approximate surface area is 549 Å². The van der Waals surface area contributed by atoms with E-state index in [9.17, 15) is 61.0 Å². The summed E-state index contributed by atoms with van der Waals surface area (Å²) in [4.78, 5) is 13.3. The number of aliphatic hydroxyl groups excluding tert-OH is 11. The van der Waals surface area contributed by atoms with Crippen LogP contribution in [0.15, 0.2) is 146 Å². The van der Waals surface area contributed by atoms with E-state index in [0.717, 1.165) is 135 Å². The van der Waals surface area contributed by atoms with E-state index < -0.39 is 124 Å². The molecule has 92 heavy (non-hydrogen) atoms. The lowest BCUT2D eigenvalue weighted by Gasteiger charge is -2.48. The molecule has 0 saturated carbocycles. The molecule has 3 heterocycles. The van der Waals surface area contributed by atoms with Crippen LogP contribution in [0.2, 0.25) is 0 Å². The highest BCUT2D eigenvalue weighted by Crippen LogP contribution is 2.33. The summed E-state index contributed by atoms with van der Waals surface area (Å²) in [6.07, 6.45) is 48.7. The highest BCUT2D eigenvalue weighted by atomic mass is 16.8. The van der Waals surface area contributed by atoms with Crippen molar-refractivity contribution >= 4 is 5.91 Å². The second-order valence-electron chi connectivity index (χ2n) is 23.6. The van der Waals surface area contributed by atoms with Gasteiger partial charge in [-0.25, -0.2) is 0 Å². The highest BCUT2D eigenvalue weighted by molar-refractivity contribution is 5.76. The number of aliphatic hydroxyl groups is 11. The summed E-state index contributed by atoms with van der Waals surface area (Å²) in [5.41, 5.74) is 0. The maximum absolute atomic E-state index is 13.3. The Kier molecular flexibility index (Phi) is 47.1. The van der Waals surface area contributed by atoms with Gasteiger partial charge in [0, 0.05) is 6.42 Å². The van der Waals surface area contributed by atoms with Crippen LogP contribution in [-0.4, -0.2) is 193 Å². The predicted molar refractivity (Wildman–Crippen MR) is 359 cm³/mol. The molecule has 17 unspecified atom stereocenters. The first-order valence-corrected chi connectivity index (χ1v) is 34.1. The van der Waals surface area contributed by atoms with E-state index in [1.54, 1.807) is 0 Å². The molecule has 17 atom stereocenters. The molecule has 0 aliphatic carbocycles. The molecule has 3 aliphatic heterocycles. The summed E-state index contributed by atoms with van der Waals surface area (Å²) in [7, 11) is 0. The largest absolute Gasteiger partial charge is 0.394 e. The van der Waals surface area contributed by atoms with Gasteiger partial charge < -0.3 is 89.9 Å². The summed E-state index contributed by atoms with van der Waals surface area (Å²) >= 11 is 0. The number of unbranched alkanes of at least 4 members (excludes halogenated alkanes) is 9. The molecular weight excluding hydrogens is 1180 g/mol. The van der Waals surface area contributed by atoms with Crippen LogP contribution in [-0.2, 0) is 33.2 Å². The van der Waals surface area contributed by atoms with Gasteiger partial charge in [-0.3, -0.25) is 4.79 Å². The molecular formula is C73H117NO18. The number of nitrogens with one attached hydrogen (secondary N) is 1. The molecule has 0 aromatic rings. The zero-order valence-electron chi connectivity index (χ0n) is 55.0. The number of carbonyl (C=O) groups excluding carboxylic acids is 1. The topological polar surface area (TPSA) is 307 Å². The first-order valence-electron chi connectivity index (χ1n) is 34.1. The Balaban J connectivity index is 1.29. The van der Waals surface area contributed by atoms with Gasteiger partial charge in [-0.15, -0.1) is 0 Å². The average molecular weight is 1300 g/mol. The third-order valence-corrected chi connectivity index (χ3v) is 15.9. The van der Waals surface area contributed by atoms with Crippen molar-refractivity contribution < 1.29 is 89.4 Å². The Morgan fingerprint density at radius 1 is 0.402 bits per heavy atom. The summed E-state index contributed by atoms with van der Waals surface area (Å²) in [6.45, 7) is 1.53. The number of carbonyl (C=O) groups is 1. The number of hydrogen-bond acceptors (Lipinski definition) is 18. The lowest BCUT2D eigenvalue weighted by molar-refractivity contribution is -0.379. The van der Waals surface area contributed by atoms with Crippen molar-refractivity contribution in [1.29, 1.82) is 0 Å². The number of allylic oxidation sites excluding steroid dienone is 24. The van der Waals surface area contributed by atoms with Gasteiger partial charge in [-0.1, -0.05) is 211 Å². The minimum Gasteiger partial charge on any atom is -0.394 e. The van der Waals surface area contributed by atoms with Gasteiger partial charge in [-0.05, 0) is 103 Å². The lowest BCUT2D eigenvalue weighted by Crippen LogP contribution is -2.66. The van der Waals surface area contributed by atoms with Gasteiger partial charge in [-0.2, -0.15) is 0 Å². The molecule has 19 heteroatoms. The van der Waals surface area contributed by atoms with E-state index in [1.165, 1.54) is 0 Å². The predicted octanol–water partition coefficient (Wildman–Crippen LogP) is 8.76. The molecule has 19 nitrogen and oxygen atoms in total. The number of rotatable bonds is 49. The molecule has 0 bridgehead atoms. The van der Waals surface area contributed by atoms with Crippen molar-refractivity contribution in [3.05, 3.63) is 146 Å². The minimum atomic E-state index is -1.98. The molecule has 0 aromatic carbocycles. The van der Waals surface area contributed by atoms with E-state index in [-0.39, 0.29) is 18.9 Å². The van der Waals surface area contributed by atoms with E-state index in [0.29, 0.717) is 19.3 Å². The fraction of sp³-hybridized carbons (Fsp3) is 0.658. The van der Waals surface area contributed by atoms with E-state index >= 15 is 0 Å². The third kappa shape index (κ3) is 34.4. The number of hydrogen-bond donors (Lipinski definition) is 12. The molecule has 3 rings (SSSR count). The maximum atomic E-state index is 13.3. The fourth-order valence-corrected chi connectivity index (χ4v) is 10.4. The Morgan fingerprint density at radius 3 is 1.17 bits per heavy atom. The smallest absolute Gasteiger partial charge is 0.220 e. The van der Waals surface area contributed by atoms with Crippen molar-refractivity contribution in [2.75, 3.05) is 26.4 Å². The summed E-state index contributed by atoms with van der Waals surface area (Å²) in [5.74, 6) is -0.281. The van der Waals surface area contributed by atoms with Gasteiger partial charge in [0.05, 0.1) is 38.6 Å². The van der Waals surface area contributed by atoms with E-state index in [2.05, 4.69) is 165 Å². The van der Waals surface area contributed by atoms with Gasteiger partial charge in [0.15, 0.2) is 18.9 Å². The van der Waals surface area contributed by atoms with Crippen molar-refractivity contribution in [3.63, 3.8) is 0 Å². The molecule has 522 valence electrons. The van der Waals surface area contributed by atoms with Crippen LogP contribution in [0.3, 0.4) is 0 Å². The molecule has 1 amide bonds. The molecule has 0 aromatic heterocycles. The van der Waals surface area contributed by atoms with Gasteiger partial charge >= 0.3 is 0 Å². The zero-order valence-corrected chi connectivity index (χ0v) is 55.0. The van der Waals surface area contributed by atoms with Crippen LogP contribution < -0.4 is 5.32 Å². The van der Waals surface area contributed by atoms with Crippen LogP contribution in [0.1, 0.15) is 174 Å². The molecule has 12 N–H and O–H groups in total. The normalized spacial score (nSPS) is 28.6. The van der Waals surface area contributed by atoms with Crippen molar-refractivity contribution in [2.24, 2.45) is 0 Å². The van der Waals surface area contributed by atoms with Crippen molar-refractivity contribution in [3.8, 4) is 0 Å². The first kappa shape index (κ1) is 81.9.